The molecule has 86 valence electrons. The number of carboxylic acid groups (broad SMARTS) is 1. The highest BCUT2D eigenvalue weighted by atomic mass is 16.6. The van der Waals surface area contributed by atoms with Gasteiger partial charge in [0.25, 0.3) is 0 Å². The number of nitrogens with zero attached hydrogens (tertiary/aromatic N) is 1. The molecule has 0 bridgehead atoms. The van der Waals surface area contributed by atoms with E-state index in [0.717, 1.165) is 11.1 Å². The van der Waals surface area contributed by atoms with Gasteiger partial charge in [-0.05, 0) is 18.1 Å². The van der Waals surface area contributed by atoms with Gasteiger partial charge in [0.15, 0.2) is 0 Å². The number of aliphatic carboxylic acids is 1. The highest BCUT2D eigenvalue weighted by molar-refractivity contribution is 5.98. The fourth-order valence-electron chi connectivity index (χ4n) is 1.09. The Morgan fingerprint density at radius 3 is 2.50 bits per heavy atom. The van der Waals surface area contributed by atoms with E-state index in [9.17, 15) is 4.79 Å². The monoisotopic (exact) mass is 223 g/mol. The molecule has 1 aromatic rings. The quantitative estimate of drug-likeness (QED) is 0.576. The van der Waals surface area contributed by atoms with Crippen LogP contribution in [-0.2, 0) is 16.2 Å². The number of hydrogen-bond donors (Lipinski definition) is 2. The number of carboxylic acids is 1. The van der Waals surface area contributed by atoms with Gasteiger partial charge in [-0.2, -0.15) is 0 Å². The average Bonchev–Trinajstić information content (AvgIpc) is 2.28. The molecule has 0 heterocycles. The molecule has 0 saturated carbocycles. The van der Waals surface area contributed by atoms with Crippen molar-refractivity contribution in [3.63, 3.8) is 0 Å². The molecule has 5 heteroatoms. The summed E-state index contributed by atoms with van der Waals surface area (Å²) in [6.45, 7) is 1.26. The second-order valence-corrected chi connectivity index (χ2v) is 3.20. The Labute approximate surface area is 93.0 Å². The summed E-state index contributed by atoms with van der Waals surface area (Å²) in [7, 11) is 0. The minimum Gasteiger partial charge on any atom is -0.479 e. The van der Waals surface area contributed by atoms with Gasteiger partial charge in [-0.1, -0.05) is 29.4 Å². The Morgan fingerprint density at radius 2 is 2.00 bits per heavy atom. The lowest BCUT2D eigenvalue weighted by molar-refractivity contribution is -0.142. The molecule has 0 aliphatic carbocycles. The Kier molecular flexibility index (Phi) is 4.47. The van der Waals surface area contributed by atoms with E-state index in [-0.39, 0.29) is 6.61 Å². The third-order valence-electron chi connectivity index (χ3n) is 1.94. The van der Waals surface area contributed by atoms with Crippen LogP contribution in [0.4, 0.5) is 0 Å². The molecule has 1 rings (SSSR count). The van der Waals surface area contributed by atoms with Crippen molar-refractivity contribution in [3.8, 4) is 0 Å². The first-order chi connectivity index (χ1) is 7.63. The van der Waals surface area contributed by atoms with E-state index in [1.54, 1.807) is 31.2 Å². The van der Waals surface area contributed by atoms with Crippen LogP contribution in [0.2, 0.25) is 0 Å². The van der Waals surface area contributed by atoms with Gasteiger partial charge >= 0.3 is 5.97 Å². The van der Waals surface area contributed by atoms with E-state index in [4.69, 9.17) is 10.2 Å². The van der Waals surface area contributed by atoms with E-state index in [0.29, 0.717) is 5.71 Å². The van der Waals surface area contributed by atoms with Crippen LogP contribution in [0, 0.1) is 0 Å². The Balaban J connectivity index is 2.64. The summed E-state index contributed by atoms with van der Waals surface area (Å²) in [5.41, 5.74) is 2.22. The predicted octanol–water partition coefficient (Wildman–Crippen LogP) is 1.00. The van der Waals surface area contributed by atoms with Crippen LogP contribution >= 0.6 is 0 Å². The van der Waals surface area contributed by atoms with Crippen molar-refractivity contribution in [2.75, 3.05) is 6.61 Å². The van der Waals surface area contributed by atoms with Crippen LogP contribution in [0.3, 0.4) is 0 Å². The largest absolute Gasteiger partial charge is 0.479 e. The van der Waals surface area contributed by atoms with Gasteiger partial charge in [0.2, 0.25) is 6.61 Å². The van der Waals surface area contributed by atoms with Crippen LogP contribution in [0.25, 0.3) is 0 Å². The smallest absolute Gasteiger partial charge is 0.344 e. The second-order valence-electron chi connectivity index (χ2n) is 3.20. The third-order valence-corrected chi connectivity index (χ3v) is 1.94. The molecule has 0 fully saturated rings. The van der Waals surface area contributed by atoms with Gasteiger partial charge < -0.3 is 15.1 Å². The molecule has 0 atom stereocenters. The summed E-state index contributed by atoms with van der Waals surface area (Å²) in [6.07, 6.45) is 0. The zero-order chi connectivity index (χ0) is 12.0. The predicted molar refractivity (Wildman–Crippen MR) is 58.2 cm³/mol. The molecule has 0 amide bonds. The van der Waals surface area contributed by atoms with Gasteiger partial charge in [-0.25, -0.2) is 4.79 Å². The molecule has 1 aromatic carbocycles. The Morgan fingerprint density at radius 1 is 1.38 bits per heavy atom. The normalized spacial score (nSPS) is 11.2. The maximum Gasteiger partial charge on any atom is 0.344 e. The maximum atomic E-state index is 10.2. The van der Waals surface area contributed by atoms with Gasteiger partial charge in [-0.3, -0.25) is 0 Å². The summed E-state index contributed by atoms with van der Waals surface area (Å²) < 4.78 is 0. The van der Waals surface area contributed by atoms with Crippen molar-refractivity contribution >= 4 is 11.7 Å². The Hall–Kier alpha value is -1.88. The molecule has 2 N–H and O–H groups in total. The molecule has 0 spiro atoms. The number of oxime groups is 1. The van der Waals surface area contributed by atoms with E-state index >= 15 is 0 Å². The summed E-state index contributed by atoms with van der Waals surface area (Å²) in [6, 6.07) is 7.11. The van der Waals surface area contributed by atoms with Crippen molar-refractivity contribution in [1.29, 1.82) is 0 Å². The fraction of sp³-hybridized carbons (Fsp3) is 0.273. The van der Waals surface area contributed by atoms with Crippen molar-refractivity contribution in [3.05, 3.63) is 35.4 Å². The Bertz CT molecular complexity index is 383. The number of hydrogen-bond acceptors (Lipinski definition) is 4. The number of aliphatic hydroxyl groups excluding tert-OH is 1. The molecule has 0 unspecified atom stereocenters. The molecule has 0 aromatic heterocycles. The van der Waals surface area contributed by atoms with Gasteiger partial charge in [0.05, 0.1) is 12.3 Å². The third kappa shape index (κ3) is 3.70. The van der Waals surface area contributed by atoms with Crippen molar-refractivity contribution < 1.29 is 19.8 Å². The molecular formula is C11H13NO4. The van der Waals surface area contributed by atoms with Crippen molar-refractivity contribution in [1.82, 2.24) is 0 Å². The van der Waals surface area contributed by atoms with E-state index < -0.39 is 12.6 Å². The van der Waals surface area contributed by atoms with Crippen LogP contribution < -0.4 is 0 Å². The molecule has 0 aliphatic rings. The summed E-state index contributed by atoms with van der Waals surface area (Å²) in [4.78, 5) is 14.8. The first-order valence-electron chi connectivity index (χ1n) is 4.72. The minimum absolute atomic E-state index is 0.00795. The van der Waals surface area contributed by atoms with Crippen LogP contribution in [-0.4, -0.2) is 28.5 Å². The average molecular weight is 223 g/mol. The summed E-state index contributed by atoms with van der Waals surface area (Å²) in [5.74, 6) is -1.06. The van der Waals surface area contributed by atoms with E-state index in [1.165, 1.54) is 0 Å². The number of aliphatic hydroxyl groups is 1. The second kappa shape index (κ2) is 5.87. The zero-order valence-electron chi connectivity index (χ0n) is 8.88. The first kappa shape index (κ1) is 12.2. The molecule has 0 aliphatic heterocycles. The van der Waals surface area contributed by atoms with E-state index in [2.05, 4.69) is 9.99 Å². The highest BCUT2D eigenvalue weighted by Gasteiger charge is 1.99. The van der Waals surface area contributed by atoms with Gasteiger partial charge in [0, 0.05) is 0 Å². The van der Waals surface area contributed by atoms with Gasteiger partial charge in [0.1, 0.15) is 0 Å². The summed E-state index contributed by atoms with van der Waals surface area (Å²) >= 11 is 0. The maximum absolute atomic E-state index is 10.2. The standard InChI is InChI=1S/C11H13NO4/c1-8(12-16-7-11(14)15)10-4-2-9(6-13)3-5-10/h2-5,13H,6-7H2,1H3,(H,14,15). The van der Waals surface area contributed by atoms with Gasteiger partial charge in [-0.15, -0.1) is 0 Å². The number of rotatable bonds is 5. The van der Waals surface area contributed by atoms with Crippen molar-refractivity contribution in [2.45, 2.75) is 13.5 Å². The molecule has 16 heavy (non-hydrogen) atoms. The van der Waals surface area contributed by atoms with Crippen molar-refractivity contribution in [2.24, 2.45) is 5.16 Å². The lowest BCUT2D eigenvalue weighted by Gasteiger charge is -2.02. The molecule has 0 saturated heterocycles. The minimum atomic E-state index is -1.06. The fourth-order valence-corrected chi connectivity index (χ4v) is 1.09. The van der Waals surface area contributed by atoms with Crippen LogP contribution in [0.1, 0.15) is 18.1 Å². The lowest BCUT2D eigenvalue weighted by Crippen LogP contribution is -2.05. The lowest BCUT2D eigenvalue weighted by atomic mass is 10.1. The number of benzene rings is 1. The SMILES string of the molecule is CC(=NOCC(=O)O)c1ccc(CO)cc1. The number of carbonyl (C=O) groups is 1. The van der Waals surface area contributed by atoms with Crippen LogP contribution in [0.5, 0.6) is 0 Å². The topological polar surface area (TPSA) is 79.1 Å². The first-order valence-corrected chi connectivity index (χ1v) is 4.72. The molecule has 5 nitrogen and oxygen atoms in total. The zero-order valence-corrected chi connectivity index (χ0v) is 8.88. The van der Waals surface area contributed by atoms with Crippen LogP contribution in [0.15, 0.2) is 29.4 Å². The molecular weight excluding hydrogens is 210 g/mol. The highest BCUT2D eigenvalue weighted by Crippen LogP contribution is 2.05. The molecule has 0 radical (unpaired) electrons. The summed E-state index contributed by atoms with van der Waals surface area (Å²) in [5, 5.41) is 20.9. The van der Waals surface area contributed by atoms with E-state index in [1.807, 2.05) is 0 Å².